The topological polar surface area (TPSA) is 76.8 Å². The van der Waals surface area contributed by atoms with Gasteiger partial charge in [-0.1, -0.05) is 60.1 Å². The summed E-state index contributed by atoms with van der Waals surface area (Å²) in [6.07, 6.45) is 11.4. The zero-order valence-corrected chi connectivity index (χ0v) is 26.5. The van der Waals surface area contributed by atoms with Crippen molar-refractivity contribution in [3.8, 4) is 0 Å². The smallest absolute Gasteiger partial charge is 0.407 e. The number of carbonyl (C=O) groups excluding carboxylic acids is 3. The van der Waals surface area contributed by atoms with Crippen LogP contribution >= 0.6 is 0 Å². The van der Waals surface area contributed by atoms with Crippen LogP contribution in [0.1, 0.15) is 107 Å². The van der Waals surface area contributed by atoms with Crippen molar-refractivity contribution >= 4 is 17.7 Å². The lowest BCUT2D eigenvalue weighted by molar-refractivity contribution is -0.173. The standard InChI is InChI=1S/C35H50N2O4/c1-10-37-29(40)41-18-17-35-15-13-30(2,3)20-22(35)27-24(38)19-26-32(6)21-23(36-9)28(39)31(4,5)25(32)11-12-33(26,7)34(27,8)14-16-35/h19,21-22,25,27H,10-18,20H2,1-8H3,(H,37,40)/t22-,25-,27-,32-,33+,34+,35+/m0/s1. The fourth-order valence-corrected chi connectivity index (χ4v) is 10.7. The average molecular weight is 563 g/mol. The molecule has 0 radical (unpaired) electrons. The summed E-state index contributed by atoms with van der Waals surface area (Å²) in [7, 11) is 0. The Kier molecular flexibility index (Phi) is 7.00. The molecule has 1 amide bonds. The van der Waals surface area contributed by atoms with Crippen LogP contribution in [0.2, 0.25) is 0 Å². The monoisotopic (exact) mass is 562 g/mol. The first-order valence-corrected chi connectivity index (χ1v) is 15.8. The van der Waals surface area contributed by atoms with E-state index in [0.717, 1.165) is 56.9 Å². The molecule has 3 saturated carbocycles. The summed E-state index contributed by atoms with van der Waals surface area (Å²) in [6.45, 7) is 26.2. The van der Waals surface area contributed by atoms with Gasteiger partial charge in [-0.15, -0.1) is 0 Å². The lowest BCUT2D eigenvalue weighted by Crippen LogP contribution is -2.64. The van der Waals surface area contributed by atoms with Crippen LogP contribution in [0.4, 0.5) is 4.79 Å². The number of hydrogen-bond donors (Lipinski definition) is 1. The van der Waals surface area contributed by atoms with Gasteiger partial charge >= 0.3 is 6.09 Å². The first kappa shape index (κ1) is 30.1. The Hall–Kier alpha value is -2.42. The largest absolute Gasteiger partial charge is 0.450 e. The summed E-state index contributed by atoms with van der Waals surface area (Å²) >= 11 is 0. The Balaban J connectivity index is 1.58. The molecule has 0 aliphatic heterocycles. The van der Waals surface area contributed by atoms with E-state index < -0.39 is 10.8 Å². The molecule has 0 saturated heterocycles. The third kappa shape index (κ3) is 4.19. The number of nitrogens with one attached hydrogen (secondary N) is 1. The fraction of sp³-hybridized carbons (Fsp3) is 0.771. The van der Waals surface area contributed by atoms with Crippen LogP contribution in [0.25, 0.3) is 4.85 Å². The number of carbonyl (C=O) groups is 3. The zero-order valence-electron chi connectivity index (χ0n) is 26.5. The van der Waals surface area contributed by atoms with Crippen LogP contribution in [0, 0.1) is 56.8 Å². The van der Waals surface area contributed by atoms with Crippen LogP contribution < -0.4 is 5.32 Å². The highest BCUT2D eigenvalue weighted by Crippen LogP contribution is 2.74. The number of ether oxygens (including phenoxy) is 1. The van der Waals surface area contributed by atoms with Gasteiger partial charge in [-0.2, -0.15) is 0 Å². The number of amides is 1. The van der Waals surface area contributed by atoms with Crippen LogP contribution in [0.3, 0.4) is 0 Å². The van der Waals surface area contributed by atoms with Crippen LogP contribution in [-0.4, -0.2) is 30.8 Å². The molecule has 5 aliphatic rings. The van der Waals surface area contributed by atoms with Crippen LogP contribution in [-0.2, 0) is 14.3 Å². The molecule has 0 heterocycles. The Bertz CT molecular complexity index is 1270. The molecule has 7 atom stereocenters. The first-order valence-electron chi connectivity index (χ1n) is 15.8. The molecule has 6 heteroatoms. The number of fused-ring (bicyclic) bond motifs is 7. The van der Waals surface area contributed by atoms with Crippen molar-refractivity contribution < 1.29 is 19.1 Å². The van der Waals surface area contributed by atoms with Gasteiger partial charge in [0.05, 0.1) is 13.2 Å². The normalized spacial score (nSPS) is 42.3. The molecule has 5 aliphatic carbocycles. The van der Waals surface area contributed by atoms with Gasteiger partial charge in [0.25, 0.3) is 0 Å². The predicted octanol–water partition coefficient (Wildman–Crippen LogP) is 7.70. The highest BCUT2D eigenvalue weighted by Gasteiger charge is 2.69. The molecule has 0 unspecified atom stereocenters. The molecule has 1 N–H and O–H groups in total. The fourth-order valence-electron chi connectivity index (χ4n) is 10.7. The van der Waals surface area contributed by atoms with E-state index in [0.29, 0.717) is 13.2 Å². The molecular formula is C35H50N2O4. The van der Waals surface area contributed by atoms with E-state index in [4.69, 9.17) is 11.3 Å². The molecular weight excluding hydrogens is 512 g/mol. The van der Waals surface area contributed by atoms with Crippen molar-refractivity contribution in [3.05, 3.63) is 34.8 Å². The molecule has 0 bridgehead atoms. The maximum absolute atomic E-state index is 14.6. The summed E-state index contributed by atoms with van der Waals surface area (Å²) < 4.78 is 5.59. The van der Waals surface area contributed by atoms with E-state index in [2.05, 4.69) is 44.8 Å². The van der Waals surface area contributed by atoms with E-state index in [1.54, 1.807) is 0 Å². The third-order valence-corrected chi connectivity index (χ3v) is 13.2. The van der Waals surface area contributed by atoms with Crippen molar-refractivity contribution in [2.75, 3.05) is 13.2 Å². The molecule has 5 rings (SSSR count). The summed E-state index contributed by atoms with van der Waals surface area (Å²) in [4.78, 5) is 43.6. The summed E-state index contributed by atoms with van der Waals surface area (Å²) in [5.41, 5.74) is -0.0648. The maximum Gasteiger partial charge on any atom is 0.407 e. The van der Waals surface area contributed by atoms with Gasteiger partial charge in [-0.3, -0.25) is 4.79 Å². The summed E-state index contributed by atoms with van der Waals surface area (Å²) in [6, 6.07) is 0. The average Bonchev–Trinajstić information content (AvgIpc) is 2.88. The van der Waals surface area contributed by atoms with Gasteiger partial charge in [0, 0.05) is 23.3 Å². The molecule has 0 aromatic heterocycles. The van der Waals surface area contributed by atoms with Gasteiger partial charge in [0.15, 0.2) is 11.6 Å². The van der Waals surface area contributed by atoms with Crippen molar-refractivity contribution in [2.45, 2.75) is 107 Å². The number of allylic oxidation sites excluding steroid dienone is 4. The minimum Gasteiger partial charge on any atom is -0.450 e. The van der Waals surface area contributed by atoms with Gasteiger partial charge in [-0.25, -0.2) is 9.64 Å². The van der Waals surface area contributed by atoms with Crippen LogP contribution in [0.5, 0.6) is 0 Å². The molecule has 0 aromatic rings. The summed E-state index contributed by atoms with van der Waals surface area (Å²) in [5.74, 6) is 0.367. The number of alkyl carbamates (subject to hydrolysis) is 1. The number of rotatable bonds is 4. The van der Waals surface area contributed by atoms with Crippen molar-refractivity contribution in [2.24, 2.45) is 50.2 Å². The SMILES string of the molecule is [C-]#[N+]C1=C[C@]2(C)C3=CC(=O)[C@@H]4[C@@H]5CC(C)(C)CC[C@]5(CCOC(=O)NCC)CC[C@@]4(C)[C@]3(C)CC[C@H]2C(C)(C)C1=O. The van der Waals surface area contributed by atoms with Gasteiger partial charge in [0.2, 0.25) is 5.70 Å². The lowest BCUT2D eigenvalue weighted by atomic mass is 9.34. The second-order valence-electron chi connectivity index (χ2n) is 16.0. The number of ketones is 2. The van der Waals surface area contributed by atoms with E-state index in [1.165, 1.54) is 0 Å². The molecule has 3 fully saturated rings. The number of hydrogen-bond acceptors (Lipinski definition) is 4. The Morgan fingerprint density at radius 1 is 1.05 bits per heavy atom. The predicted molar refractivity (Wildman–Crippen MR) is 160 cm³/mol. The maximum atomic E-state index is 14.6. The minimum atomic E-state index is -0.647. The molecule has 41 heavy (non-hydrogen) atoms. The second-order valence-corrected chi connectivity index (χ2v) is 16.0. The van der Waals surface area contributed by atoms with Crippen molar-refractivity contribution in [1.29, 1.82) is 0 Å². The Morgan fingerprint density at radius 3 is 2.39 bits per heavy atom. The van der Waals surface area contributed by atoms with Crippen molar-refractivity contribution in [1.82, 2.24) is 5.32 Å². The molecule has 0 aromatic carbocycles. The third-order valence-electron chi connectivity index (χ3n) is 13.2. The zero-order chi connectivity index (χ0) is 30.2. The second kappa shape index (κ2) is 9.55. The molecule has 6 nitrogen and oxygen atoms in total. The summed E-state index contributed by atoms with van der Waals surface area (Å²) in [5, 5.41) is 2.74. The van der Waals surface area contributed by atoms with E-state index in [1.807, 2.05) is 32.9 Å². The minimum absolute atomic E-state index is 0.0128. The van der Waals surface area contributed by atoms with Gasteiger partial charge in [-0.05, 0) is 97.9 Å². The van der Waals surface area contributed by atoms with Crippen LogP contribution in [0.15, 0.2) is 23.4 Å². The highest BCUT2D eigenvalue weighted by atomic mass is 16.5. The van der Waals surface area contributed by atoms with E-state index in [-0.39, 0.29) is 62.8 Å². The molecule has 224 valence electrons. The van der Waals surface area contributed by atoms with Gasteiger partial charge in [0.1, 0.15) is 0 Å². The quantitative estimate of drug-likeness (QED) is 0.356. The number of nitrogens with zero attached hydrogens (tertiary/aromatic N) is 1. The van der Waals surface area contributed by atoms with Gasteiger partial charge < -0.3 is 14.8 Å². The lowest BCUT2D eigenvalue weighted by Gasteiger charge is -2.69. The van der Waals surface area contributed by atoms with E-state index in [9.17, 15) is 14.4 Å². The van der Waals surface area contributed by atoms with Crippen molar-refractivity contribution in [3.63, 3.8) is 0 Å². The molecule has 0 spiro atoms. The Morgan fingerprint density at radius 2 is 1.73 bits per heavy atom. The first-order chi connectivity index (χ1) is 19.0. The highest BCUT2D eigenvalue weighted by molar-refractivity contribution is 6.03. The Labute approximate surface area is 246 Å². The van der Waals surface area contributed by atoms with E-state index >= 15 is 0 Å². The number of Topliss-reactive ketones (excluding diaryl/α,β-unsaturated/α-hetero) is 1.